The summed E-state index contributed by atoms with van der Waals surface area (Å²) in [7, 11) is 1.70. The van der Waals surface area contributed by atoms with Crippen LogP contribution in [0.2, 0.25) is 0 Å². The molecule has 0 spiro atoms. The van der Waals surface area contributed by atoms with Gasteiger partial charge in [-0.05, 0) is 47.0 Å². The van der Waals surface area contributed by atoms with Crippen molar-refractivity contribution < 1.29 is 14.5 Å². The summed E-state index contributed by atoms with van der Waals surface area (Å²) >= 11 is 0. The average molecular weight is 353 g/mol. The van der Waals surface area contributed by atoms with Gasteiger partial charge in [-0.1, -0.05) is 0 Å². The minimum atomic E-state index is -0.549. The number of hydrogen-bond donors (Lipinski definition) is 1. The Bertz CT molecular complexity index is 651. The third-order valence-corrected chi connectivity index (χ3v) is 4.28. The topological polar surface area (TPSA) is 103 Å². The van der Waals surface area contributed by atoms with E-state index in [1.165, 1.54) is 10.9 Å². The molecule has 2 heterocycles. The molecule has 0 saturated carbocycles. The number of ether oxygens (including phenoxy) is 1. The highest BCUT2D eigenvalue weighted by Crippen LogP contribution is 2.31. The number of nitrogens with one attached hydrogen (secondary N) is 1. The van der Waals surface area contributed by atoms with Crippen LogP contribution >= 0.6 is 0 Å². The van der Waals surface area contributed by atoms with Crippen molar-refractivity contribution in [2.45, 2.75) is 58.1 Å². The van der Waals surface area contributed by atoms with E-state index in [4.69, 9.17) is 4.74 Å². The van der Waals surface area contributed by atoms with Gasteiger partial charge < -0.3 is 15.0 Å². The number of anilines is 1. The predicted molar refractivity (Wildman–Crippen MR) is 93.7 cm³/mol. The minimum Gasteiger partial charge on any atom is -0.444 e. The molecule has 25 heavy (non-hydrogen) atoms. The van der Waals surface area contributed by atoms with Crippen molar-refractivity contribution in [1.82, 2.24) is 15.1 Å². The first kappa shape index (κ1) is 19.0. The molecule has 0 aliphatic carbocycles. The number of rotatable bonds is 3. The van der Waals surface area contributed by atoms with Gasteiger partial charge in [0.25, 0.3) is 0 Å². The van der Waals surface area contributed by atoms with E-state index in [0.29, 0.717) is 25.3 Å². The molecule has 1 atom stereocenters. The SMILES string of the molecule is Cn1ncc([N+](=O)[O-])c1N1CCC[C@](C)(NC(=O)OC(C)(C)C)CC1. The van der Waals surface area contributed by atoms with Gasteiger partial charge in [0.05, 0.1) is 4.92 Å². The molecule has 1 saturated heterocycles. The number of aromatic nitrogens is 2. The Morgan fingerprint density at radius 2 is 2.08 bits per heavy atom. The average Bonchev–Trinajstić information content (AvgIpc) is 2.72. The molecule has 2 rings (SSSR count). The van der Waals surface area contributed by atoms with Crippen LogP contribution in [0.3, 0.4) is 0 Å². The molecule has 1 aliphatic heterocycles. The largest absolute Gasteiger partial charge is 0.444 e. The number of carbonyl (C=O) groups is 1. The zero-order valence-electron chi connectivity index (χ0n) is 15.5. The van der Waals surface area contributed by atoms with Crippen molar-refractivity contribution in [3.8, 4) is 0 Å². The lowest BCUT2D eigenvalue weighted by Gasteiger charge is -2.31. The maximum Gasteiger partial charge on any atom is 0.408 e. The summed E-state index contributed by atoms with van der Waals surface area (Å²) in [5.41, 5.74) is -0.956. The smallest absolute Gasteiger partial charge is 0.408 e. The molecule has 1 amide bonds. The first-order valence-electron chi connectivity index (χ1n) is 8.43. The van der Waals surface area contributed by atoms with Gasteiger partial charge in [0.15, 0.2) is 0 Å². The summed E-state index contributed by atoms with van der Waals surface area (Å²) in [6, 6.07) is 0. The number of aryl methyl sites for hydroxylation is 1. The second-order valence-corrected chi connectivity index (χ2v) is 7.76. The van der Waals surface area contributed by atoms with Crippen molar-refractivity contribution in [1.29, 1.82) is 0 Å². The van der Waals surface area contributed by atoms with Gasteiger partial charge in [0, 0.05) is 25.7 Å². The summed E-state index contributed by atoms with van der Waals surface area (Å²) in [4.78, 5) is 24.9. The summed E-state index contributed by atoms with van der Waals surface area (Å²) < 4.78 is 6.88. The van der Waals surface area contributed by atoms with E-state index in [1.54, 1.807) is 7.05 Å². The number of nitrogens with zero attached hydrogens (tertiary/aromatic N) is 4. The van der Waals surface area contributed by atoms with E-state index >= 15 is 0 Å². The summed E-state index contributed by atoms with van der Waals surface area (Å²) in [6.45, 7) is 8.72. The standard InChI is InChI=1S/C16H27N5O4/c1-15(2,3)25-14(22)18-16(4)7-6-9-20(10-8-16)13-12(21(23)24)11-17-19(13)5/h11H,6-10H2,1-5H3,(H,18,22)/t16-/m0/s1. The van der Waals surface area contributed by atoms with Crippen LogP contribution in [0.25, 0.3) is 0 Å². The number of carbonyl (C=O) groups excluding carboxylic acids is 1. The van der Waals surface area contributed by atoms with Crippen LogP contribution in [0.4, 0.5) is 16.3 Å². The third kappa shape index (κ3) is 4.83. The number of nitro groups is 1. The van der Waals surface area contributed by atoms with Crippen LogP contribution in [-0.4, -0.2) is 45.0 Å². The second-order valence-electron chi connectivity index (χ2n) is 7.76. The van der Waals surface area contributed by atoms with Crippen LogP contribution in [0.5, 0.6) is 0 Å². The molecule has 0 aromatic carbocycles. The van der Waals surface area contributed by atoms with E-state index in [9.17, 15) is 14.9 Å². The quantitative estimate of drug-likeness (QED) is 0.662. The Hall–Kier alpha value is -2.32. The second kappa shape index (κ2) is 6.89. The number of alkyl carbamates (subject to hydrolysis) is 1. The molecule has 0 radical (unpaired) electrons. The maximum atomic E-state index is 12.1. The summed E-state index contributed by atoms with van der Waals surface area (Å²) in [6.07, 6.45) is 3.07. The van der Waals surface area contributed by atoms with Gasteiger partial charge in [0.2, 0.25) is 5.82 Å². The molecule has 1 aliphatic rings. The molecule has 0 bridgehead atoms. The lowest BCUT2D eigenvalue weighted by molar-refractivity contribution is -0.384. The van der Waals surface area contributed by atoms with Crippen LogP contribution in [0.1, 0.15) is 47.0 Å². The molecule has 1 N–H and O–H groups in total. The molecule has 1 fully saturated rings. The van der Waals surface area contributed by atoms with E-state index in [0.717, 1.165) is 12.8 Å². The molecule has 1 aromatic heterocycles. The highest BCUT2D eigenvalue weighted by atomic mass is 16.6. The third-order valence-electron chi connectivity index (χ3n) is 4.28. The maximum absolute atomic E-state index is 12.1. The van der Waals surface area contributed by atoms with Gasteiger partial charge >= 0.3 is 11.8 Å². The first-order chi connectivity index (χ1) is 11.5. The van der Waals surface area contributed by atoms with Crippen molar-refractivity contribution in [3.05, 3.63) is 16.3 Å². The van der Waals surface area contributed by atoms with Crippen LogP contribution in [0.15, 0.2) is 6.20 Å². The Balaban J connectivity index is 2.08. The molecule has 9 heteroatoms. The molecule has 140 valence electrons. The highest BCUT2D eigenvalue weighted by Gasteiger charge is 2.34. The predicted octanol–water partition coefficient (Wildman–Crippen LogP) is 2.60. The van der Waals surface area contributed by atoms with Crippen molar-refractivity contribution in [3.63, 3.8) is 0 Å². The Morgan fingerprint density at radius 3 is 2.68 bits per heavy atom. The molecular weight excluding hydrogens is 326 g/mol. The number of hydrogen-bond acceptors (Lipinski definition) is 6. The Kier molecular flexibility index (Phi) is 5.24. The van der Waals surface area contributed by atoms with Gasteiger partial charge in [-0.3, -0.25) is 10.1 Å². The highest BCUT2D eigenvalue weighted by molar-refractivity contribution is 5.68. The first-order valence-corrected chi connectivity index (χ1v) is 8.43. The van der Waals surface area contributed by atoms with Gasteiger partial charge in [-0.2, -0.15) is 5.10 Å². The van der Waals surface area contributed by atoms with Gasteiger partial charge in [0.1, 0.15) is 11.8 Å². The van der Waals surface area contributed by atoms with E-state index < -0.39 is 22.2 Å². The van der Waals surface area contributed by atoms with Crippen LogP contribution in [-0.2, 0) is 11.8 Å². The van der Waals surface area contributed by atoms with E-state index in [2.05, 4.69) is 10.4 Å². The lowest BCUT2D eigenvalue weighted by Crippen LogP contribution is -2.48. The number of amides is 1. The summed E-state index contributed by atoms with van der Waals surface area (Å²) in [5.74, 6) is 0.506. The van der Waals surface area contributed by atoms with E-state index in [-0.39, 0.29) is 5.69 Å². The van der Waals surface area contributed by atoms with Gasteiger partial charge in [-0.15, -0.1) is 0 Å². The van der Waals surface area contributed by atoms with E-state index in [1.807, 2.05) is 32.6 Å². The normalized spacial score (nSPS) is 21.6. The van der Waals surface area contributed by atoms with Crippen LogP contribution < -0.4 is 10.2 Å². The van der Waals surface area contributed by atoms with Crippen molar-refractivity contribution in [2.75, 3.05) is 18.0 Å². The minimum absolute atomic E-state index is 0.00574. The fourth-order valence-corrected chi connectivity index (χ4v) is 3.08. The Morgan fingerprint density at radius 1 is 1.40 bits per heavy atom. The molecule has 1 aromatic rings. The van der Waals surface area contributed by atoms with Crippen molar-refractivity contribution >= 4 is 17.6 Å². The molecule has 0 unspecified atom stereocenters. The van der Waals surface area contributed by atoms with Crippen LogP contribution in [0, 0.1) is 10.1 Å². The zero-order valence-corrected chi connectivity index (χ0v) is 15.5. The molecular formula is C16H27N5O4. The van der Waals surface area contributed by atoms with Gasteiger partial charge in [-0.25, -0.2) is 9.48 Å². The fraction of sp³-hybridized carbons (Fsp3) is 0.750. The monoisotopic (exact) mass is 353 g/mol. The summed E-state index contributed by atoms with van der Waals surface area (Å²) in [5, 5.41) is 18.2. The molecule has 9 nitrogen and oxygen atoms in total. The zero-order chi connectivity index (χ0) is 18.8. The fourth-order valence-electron chi connectivity index (χ4n) is 3.08. The van der Waals surface area contributed by atoms with Crippen molar-refractivity contribution in [2.24, 2.45) is 7.05 Å². The lowest BCUT2D eigenvalue weighted by atomic mass is 9.93. The Labute approximate surface area is 147 Å².